The van der Waals surface area contributed by atoms with Gasteiger partial charge in [-0.15, -0.1) is 0 Å². The van der Waals surface area contributed by atoms with Crippen molar-refractivity contribution in [1.82, 2.24) is 0 Å². The second-order valence-corrected chi connectivity index (χ2v) is 7.95. The van der Waals surface area contributed by atoms with Gasteiger partial charge < -0.3 is 14.2 Å². The number of rotatable bonds is 10. The van der Waals surface area contributed by atoms with Crippen LogP contribution in [0.4, 0.5) is 35.1 Å². The third-order valence-electron chi connectivity index (χ3n) is 5.23. The van der Waals surface area contributed by atoms with Gasteiger partial charge in [-0.3, -0.25) is 14.4 Å². The molecule has 0 bridgehead atoms. The maximum atomic E-state index is 13.9. The van der Waals surface area contributed by atoms with E-state index in [0.29, 0.717) is 6.26 Å². The van der Waals surface area contributed by atoms with Crippen LogP contribution in [0.25, 0.3) is 0 Å². The second kappa shape index (κ2) is 15.6. The molecule has 2 rings (SSSR count). The van der Waals surface area contributed by atoms with Crippen LogP contribution < -0.4 is 0 Å². The second-order valence-electron chi connectivity index (χ2n) is 7.95. The molecular weight excluding hydrogens is 588 g/mol. The van der Waals surface area contributed by atoms with E-state index in [1.807, 2.05) is 0 Å². The summed E-state index contributed by atoms with van der Waals surface area (Å²) in [5.41, 5.74) is -4.30. The lowest BCUT2D eigenvalue weighted by atomic mass is 9.98. The van der Waals surface area contributed by atoms with E-state index in [1.54, 1.807) is 6.92 Å². The SMILES string of the molecule is CCOC(=O)CC(=O)c1c(C)c(F)c(F)c(F)c1F.CCOC=C(C(=O)OCC)C(=O)c1c(C)c(F)c(F)c(F)c1F. The molecule has 0 fully saturated rings. The Hall–Kier alpha value is -4.30. The standard InChI is InChI=1S/C15H14F4O4.C12H10F4O3/c1-4-22-6-8(15(21)23-5-2)14(20)9-7(3)10(16)12(18)13(19)11(9)17;1-3-19-7(18)4-6(17)8-5(2)9(13)11(15)12(16)10(8)14/h6H,4-5H2,1-3H3;3-4H2,1-2H3. The fourth-order valence-corrected chi connectivity index (χ4v) is 3.22. The molecule has 0 aromatic heterocycles. The summed E-state index contributed by atoms with van der Waals surface area (Å²) < 4.78 is 120. The van der Waals surface area contributed by atoms with Gasteiger partial charge in [0.15, 0.2) is 52.3 Å². The summed E-state index contributed by atoms with van der Waals surface area (Å²) in [6.07, 6.45) is -0.172. The summed E-state index contributed by atoms with van der Waals surface area (Å²) in [6.45, 7) is 6.28. The van der Waals surface area contributed by atoms with Crippen LogP contribution in [0.3, 0.4) is 0 Å². The molecule has 0 saturated carbocycles. The lowest BCUT2D eigenvalue weighted by molar-refractivity contribution is -0.142. The Bertz CT molecular complexity index is 1360. The minimum absolute atomic E-state index is 0.000280. The van der Waals surface area contributed by atoms with Crippen molar-refractivity contribution in [2.75, 3.05) is 19.8 Å². The van der Waals surface area contributed by atoms with Crippen LogP contribution in [0, 0.1) is 60.4 Å². The number of hydrogen-bond donors (Lipinski definition) is 0. The van der Waals surface area contributed by atoms with E-state index in [2.05, 4.69) is 9.47 Å². The average molecular weight is 612 g/mol. The minimum atomic E-state index is -2.14. The summed E-state index contributed by atoms with van der Waals surface area (Å²) in [6, 6.07) is 0. The van der Waals surface area contributed by atoms with Crippen molar-refractivity contribution in [3.63, 3.8) is 0 Å². The molecule has 0 aliphatic rings. The van der Waals surface area contributed by atoms with Crippen LogP contribution in [0.5, 0.6) is 0 Å². The molecule has 0 aliphatic heterocycles. The molecule has 15 heteroatoms. The molecule has 0 N–H and O–H groups in total. The predicted molar refractivity (Wildman–Crippen MR) is 128 cm³/mol. The number of esters is 2. The zero-order valence-corrected chi connectivity index (χ0v) is 22.8. The van der Waals surface area contributed by atoms with Gasteiger partial charge in [-0.1, -0.05) is 0 Å². The van der Waals surface area contributed by atoms with Crippen molar-refractivity contribution in [3.05, 3.63) is 80.6 Å². The van der Waals surface area contributed by atoms with E-state index in [4.69, 9.17) is 4.74 Å². The third kappa shape index (κ3) is 7.91. The molecule has 0 aliphatic carbocycles. The molecule has 2 aromatic rings. The Labute approximate surface area is 234 Å². The first-order valence-corrected chi connectivity index (χ1v) is 12.0. The topological polar surface area (TPSA) is 96.0 Å². The van der Waals surface area contributed by atoms with Crippen molar-refractivity contribution in [3.8, 4) is 0 Å². The Balaban J connectivity index is 0.000000428. The van der Waals surface area contributed by atoms with Gasteiger partial charge >= 0.3 is 11.9 Å². The van der Waals surface area contributed by atoms with E-state index in [-0.39, 0.29) is 19.8 Å². The zero-order valence-electron chi connectivity index (χ0n) is 22.8. The Kier molecular flexibility index (Phi) is 13.3. The molecule has 0 spiro atoms. The van der Waals surface area contributed by atoms with Crippen molar-refractivity contribution in [2.45, 2.75) is 41.0 Å². The van der Waals surface area contributed by atoms with E-state index in [9.17, 15) is 54.3 Å². The molecule has 230 valence electrons. The average Bonchev–Trinajstić information content (AvgIpc) is 2.94. The van der Waals surface area contributed by atoms with E-state index >= 15 is 0 Å². The molecule has 0 saturated heterocycles. The van der Waals surface area contributed by atoms with Crippen LogP contribution >= 0.6 is 0 Å². The summed E-state index contributed by atoms with van der Waals surface area (Å²) >= 11 is 0. The first kappa shape index (κ1) is 35.7. The van der Waals surface area contributed by atoms with Gasteiger partial charge in [0.1, 0.15) is 18.3 Å². The van der Waals surface area contributed by atoms with Gasteiger partial charge in [-0.05, 0) is 34.6 Å². The van der Waals surface area contributed by atoms with Crippen LogP contribution in [0.15, 0.2) is 11.8 Å². The number of Topliss-reactive ketones (excluding diaryl/α,β-unsaturated/α-hetero) is 2. The first-order chi connectivity index (χ1) is 19.6. The molecule has 0 radical (unpaired) electrons. The van der Waals surface area contributed by atoms with Gasteiger partial charge in [-0.2, -0.15) is 0 Å². The Morgan fingerprint density at radius 2 is 1.02 bits per heavy atom. The van der Waals surface area contributed by atoms with E-state index in [0.717, 1.165) is 13.8 Å². The molecule has 0 heterocycles. The number of carbonyl (C=O) groups is 4. The molecule has 0 unspecified atom stereocenters. The molecule has 2 aromatic carbocycles. The van der Waals surface area contributed by atoms with E-state index < -0.39 is 104 Å². The summed E-state index contributed by atoms with van der Waals surface area (Å²) in [7, 11) is 0. The third-order valence-corrected chi connectivity index (χ3v) is 5.23. The molecule has 0 atom stereocenters. The molecule has 0 amide bonds. The fraction of sp³-hybridized carbons (Fsp3) is 0.333. The highest BCUT2D eigenvalue weighted by molar-refractivity contribution is 6.24. The maximum Gasteiger partial charge on any atom is 0.345 e. The lowest BCUT2D eigenvalue weighted by Crippen LogP contribution is -2.20. The summed E-state index contributed by atoms with van der Waals surface area (Å²) in [5, 5.41) is 0. The number of hydrogen-bond acceptors (Lipinski definition) is 7. The fourth-order valence-electron chi connectivity index (χ4n) is 3.22. The van der Waals surface area contributed by atoms with Gasteiger partial charge in [-0.25, -0.2) is 39.9 Å². The van der Waals surface area contributed by atoms with Crippen molar-refractivity contribution >= 4 is 23.5 Å². The van der Waals surface area contributed by atoms with E-state index in [1.165, 1.54) is 13.8 Å². The number of carbonyl (C=O) groups excluding carboxylic acids is 4. The molecule has 42 heavy (non-hydrogen) atoms. The number of ether oxygens (including phenoxy) is 3. The maximum absolute atomic E-state index is 13.9. The Morgan fingerprint density at radius 1 is 0.595 bits per heavy atom. The zero-order chi connectivity index (χ0) is 32.5. The number of benzene rings is 2. The number of halogens is 8. The quantitative estimate of drug-likeness (QED) is 0.0379. The van der Waals surface area contributed by atoms with Crippen LogP contribution in [0.2, 0.25) is 0 Å². The normalized spacial score (nSPS) is 10.9. The summed E-state index contributed by atoms with van der Waals surface area (Å²) in [4.78, 5) is 46.7. The van der Waals surface area contributed by atoms with Crippen LogP contribution in [-0.2, 0) is 23.8 Å². The highest BCUT2D eigenvalue weighted by Gasteiger charge is 2.32. The van der Waals surface area contributed by atoms with Gasteiger partial charge in [0, 0.05) is 11.1 Å². The molecule has 7 nitrogen and oxygen atoms in total. The van der Waals surface area contributed by atoms with Crippen molar-refractivity contribution < 1.29 is 68.5 Å². The highest BCUT2D eigenvalue weighted by Crippen LogP contribution is 2.27. The smallest absolute Gasteiger partial charge is 0.345 e. The van der Waals surface area contributed by atoms with Crippen molar-refractivity contribution in [1.29, 1.82) is 0 Å². The number of ketones is 2. The largest absolute Gasteiger partial charge is 0.500 e. The minimum Gasteiger partial charge on any atom is -0.500 e. The van der Waals surface area contributed by atoms with Crippen molar-refractivity contribution in [2.24, 2.45) is 0 Å². The summed E-state index contributed by atoms with van der Waals surface area (Å²) in [5.74, 6) is -20.0. The molecular formula is C27H24F8O7. The monoisotopic (exact) mass is 612 g/mol. The lowest BCUT2D eigenvalue weighted by Gasteiger charge is -2.11. The van der Waals surface area contributed by atoms with Crippen LogP contribution in [-0.4, -0.2) is 43.3 Å². The van der Waals surface area contributed by atoms with Crippen LogP contribution in [0.1, 0.15) is 59.0 Å². The van der Waals surface area contributed by atoms with Gasteiger partial charge in [0.2, 0.25) is 5.78 Å². The van der Waals surface area contributed by atoms with Gasteiger partial charge in [0.25, 0.3) is 0 Å². The van der Waals surface area contributed by atoms with Gasteiger partial charge in [0.05, 0.1) is 30.9 Å². The predicted octanol–water partition coefficient (Wildman–Crippen LogP) is 5.90. The Morgan fingerprint density at radius 3 is 1.48 bits per heavy atom. The highest BCUT2D eigenvalue weighted by atomic mass is 19.2. The first-order valence-electron chi connectivity index (χ1n) is 12.0.